The lowest BCUT2D eigenvalue weighted by atomic mass is 9.92. The monoisotopic (exact) mass is 423 g/mol. The second-order valence-electron chi connectivity index (χ2n) is 7.77. The zero-order chi connectivity index (χ0) is 21.3. The van der Waals surface area contributed by atoms with Gasteiger partial charge in [0.25, 0.3) is 5.56 Å². The lowest BCUT2D eigenvalue weighted by Crippen LogP contribution is -2.49. The Kier molecular flexibility index (Phi) is 6.32. The van der Waals surface area contributed by atoms with Crippen LogP contribution in [0.25, 0.3) is 11.2 Å². The van der Waals surface area contributed by atoms with Gasteiger partial charge in [0.15, 0.2) is 17.4 Å². The molecule has 0 aromatic carbocycles. The summed E-state index contributed by atoms with van der Waals surface area (Å²) in [6.07, 6.45) is 2.70. The quantitative estimate of drug-likeness (QED) is 0.357. The Balaban J connectivity index is 1.58. The predicted octanol–water partition coefficient (Wildman–Crippen LogP) is -0.774. The van der Waals surface area contributed by atoms with Crippen LogP contribution in [0.15, 0.2) is 11.1 Å². The van der Waals surface area contributed by atoms with E-state index in [0.29, 0.717) is 0 Å². The number of hydrogen-bond acceptors (Lipinski definition) is 10. The molecule has 2 aromatic rings. The third kappa shape index (κ3) is 3.94. The summed E-state index contributed by atoms with van der Waals surface area (Å²) in [5.41, 5.74) is 12.3. The van der Waals surface area contributed by atoms with Gasteiger partial charge < -0.3 is 25.1 Å². The van der Waals surface area contributed by atoms with Crippen LogP contribution in [-0.2, 0) is 14.2 Å². The molecule has 0 amide bonds. The summed E-state index contributed by atoms with van der Waals surface area (Å²) in [5, 5.41) is 10.7. The molecule has 2 fully saturated rings. The lowest BCUT2D eigenvalue weighted by Gasteiger charge is -2.29. The van der Waals surface area contributed by atoms with Crippen molar-refractivity contribution in [3.8, 4) is 0 Å². The van der Waals surface area contributed by atoms with Gasteiger partial charge in [0.1, 0.15) is 18.3 Å². The van der Waals surface area contributed by atoms with Gasteiger partial charge in [-0.25, -0.2) is 10.4 Å². The second-order valence-corrected chi connectivity index (χ2v) is 7.77. The number of nitrogens with two attached hydrogens (primary N) is 1. The Morgan fingerprint density at radius 3 is 2.93 bits per heavy atom. The Hall–Kier alpha value is -2.09. The summed E-state index contributed by atoms with van der Waals surface area (Å²) in [6.45, 7) is 0.255. The average molecular weight is 423 g/mol. The van der Waals surface area contributed by atoms with E-state index >= 15 is 0 Å². The number of aromatic amines is 1. The first-order valence-corrected chi connectivity index (χ1v) is 10.1. The number of H-pyrrole nitrogens is 1. The molecule has 2 aliphatic rings. The van der Waals surface area contributed by atoms with Crippen LogP contribution in [-0.4, -0.2) is 75.8 Å². The maximum absolute atomic E-state index is 12.5. The third-order valence-corrected chi connectivity index (χ3v) is 5.81. The molecule has 12 heteroatoms. The highest BCUT2D eigenvalue weighted by molar-refractivity contribution is 5.70. The summed E-state index contributed by atoms with van der Waals surface area (Å²) >= 11 is 0. The number of hydrogen-bond donors (Lipinski definition) is 5. The number of anilines is 1. The average Bonchev–Trinajstić information content (AvgIpc) is 3.28. The van der Waals surface area contributed by atoms with Gasteiger partial charge in [-0.1, -0.05) is 12.8 Å². The molecule has 0 bridgehead atoms. The van der Waals surface area contributed by atoms with Gasteiger partial charge in [0.05, 0.1) is 12.9 Å². The standard InChI is InChI=1S/C18H29N7O5/c1-28-7-11-14(29-2)13(26)17(30-11)25-8-20-12-15(25)21-18(22-16(12)27)24-23-10-6-4-3-5-9(10)19/h8-11,13-14,17,23,26H,3-7,19H2,1-2H3,(H2,21,22,24,27)/t9-,10-,11?,13?,14?,17?/m1/s1. The molecule has 3 heterocycles. The molecule has 1 aliphatic carbocycles. The second kappa shape index (κ2) is 8.96. The van der Waals surface area contributed by atoms with Crippen molar-refractivity contribution in [3.05, 3.63) is 16.7 Å². The topological polar surface area (TPSA) is 162 Å². The number of aliphatic hydroxyl groups excluding tert-OH is 1. The maximum Gasteiger partial charge on any atom is 0.280 e. The molecule has 2 aromatic heterocycles. The van der Waals surface area contributed by atoms with Crippen molar-refractivity contribution >= 4 is 17.1 Å². The van der Waals surface area contributed by atoms with Gasteiger partial charge in [-0.3, -0.25) is 19.8 Å². The summed E-state index contributed by atoms with van der Waals surface area (Å²) in [5.74, 6) is 0.233. The fraction of sp³-hybridized carbons (Fsp3) is 0.722. The Labute approximate surface area is 173 Å². The molecule has 166 valence electrons. The molecular weight excluding hydrogens is 394 g/mol. The van der Waals surface area contributed by atoms with Crippen LogP contribution in [0.5, 0.6) is 0 Å². The van der Waals surface area contributed by atoms with Crippen molar-refractivity contribution in [2.45, 2.75) is 62.3 Å². The van der Waals surface area contributed by atoms with E-state index in [1.54, 1.807) is 7.11 Å². The molecule has 4 unspecified atom stereocenters. The van der Waals surface area contributed by atoms with Gasteiger partial charge in [0, 0.05) is 26.3 Å². The van der Waals surface area contributed by atoms with E-state index in [4.69, 9.17) is 19.9 Å². The third-order valence-electron chi connectivity index (χ3n) is 5.81. The number of ether oxygens (including phenoxy) is 3. The number of aliphatic hydroxyl groups is 1. The van der Waals surface area contributed by atoms with Crippen LogP contribution in [0.2, 0.25) is 0 Å². The van der Waals surface area contributed by atoms with Crippen molar-refractivity contribution in [1.82, 2.24) is 24.9 Å². The number of nitrogens with one attached hydrogen (secondary N) is 3. The number of rotatable bonds is 7. The van der Waals surface area contributed by atoms with E-state index in [9.17, 15) is 9.90 Å². The molecule has 1 aliphatic heterocycles. The van der Waals surface area contributed by atoms with Crippen molar-refractivity contribution < 1.29 is 19.3 Å². The van der Waals surface area contributed by atoms with Crippen LogP contribution >= 0.6 is 0 Å². The maximum atomic E-state index is 12.5. The minimum absolute atomic E-state index is 0.0398. The fourth-order valence-corrected chi connectivity index (χ4v) is 4.21. The van der Waals surface area contributed by atoms with E-state index in [-0.39, 0.29) is 35.8 Å². The number of aromatic nitrogens is 4. The minimum Gasteiger partial charge on any atom is -0.386 e. The predicted molar refractivity (Wildman–Crippen MR) is 108 cm³/mol. The molecule has 1 saturated carbocycles. The van der Waals surface area contributed by atoms with Gasteiger partial charge in [-0.05, 0) is 12.8 Å². The van der Waals surface area contributed by atoms with Crippen molar-refractivity contribution in [2.24, 2.45) is 5.73 Å². The van der Waals surface area contributed by atoms with Crippen LogP contribution < -0.4 is 22.1 Å². The zero-order valence-corrected chi connectivity index (χ0v) is 17.1. The van der Waals surface area contributed by atoms with Crippen molar-refractivity contribution in [2.75, 3.05) is 26.3 Å². The first-order valence-electron chi connectivity index (χ1n) is 10.1. The van der Waals surface area contributed by atoms with Gasteiger partial charge >= 0.3 is 0 Å². The molecule has 1 saturated heterocycles. The molecule has 0 radical (unpaired) electrons. The van der Waals surface area contributed by atoms with E-state index in [2.05, 4.69) is 25.8 Å². The highest BCUT2D eigenvalue weighted by Crippen LogP contribution is 2.32. The van der Waals surface area contributed by atoms with Crippen molar-refractivity contribution in [3.63, 3.8) is 0 Å². The SMILES string of the molecule is COCC1OC(n2cnc3c(=O)[nH]c(NN[C@@H]4CCCC[C@H]4N)nc32)C(O)C1OC. The largest absolute Gasteiger partial charge is 0.386 e. The Morgan fingerprint density at radius 1 is 1.40 bits per heavy atom. The van der Waals surface area contributed by atoms with Crippen LogP contribution in [0.1, 0.15) is 31.9 Å². The summed E-state index contributed by atoms with van der Waals surface area (Å²) < 4.78 is 18.0. The summed E-state index contributed by atoms with van der Waals surface area (Å²) in [4.78, 5) is 23.8. The number of nitrogens with zero attached hydrogens (tertiary/aromatic N) is 3. The van der Waals surface area contributed by atoms with E-state index in [1.165, 1.54) is 18.0 Å². The van der Waals surface area contributed by atoms with Gasteiger partial charge in [0.2, 0.25) is 5.95 Å². The summed E-state index contributed by atoms with van der Waals surface area (Å²) in [7, 11) is 3.05. The number of fused-ring (bicyclic) bond motifs is 1. The Morgan fingerprint density at radius 2 is 2.20 bits per heavy atom. The molecule has 30 heavy (non-hydrogen) atoms. The van der Waals surface area contributed by atoms with E-state index in [1.807, 2.05) is 0 Å². The normalized spacial score (nSPS) is 32.0. The molecular formula is C18H29N7O5. The molecule has 6 atom stereocenters. The lowest BCUT2D eigenvalue weighted by molar-refractivity contribution is -0.0612. The highest BCUT2D eigenvalue weighted by Gasteiger charge is 2.45. The van der Waals surface area contributed by atoms with Gasteiger partial charge in [-0.15, -0.1) is 0 Å². The summed E-state index contributed by atoms with van der Waals surface area (Å²) in [6, 6.07) is 0.125. The van der Waals surface area contributed by atoms with E-state index < -0.39 is 30.1 Å². The Bertz CT molecular complexity index is 918. The van der Waals surface area contributed by atoms with E-state index in [0.717, 1.165) is 25.7 Å². The molecule has 4 rings (SSSR count). The molecule has 12 nitrogen and oxygen atoms in total. The molecule has 6 N–H and O–H groups in total. The first-order chi connectivity index (χ1) is 14.5. The number of hydrazine groups is 1. The van der Waals surface area contributed by atoms with Gasteiger partial charge in [-0.2, -0.15) is 4.98 Å². The van der Waals surface area contributed by atoms with Crippen LogP contribution in [0, 0.1) is 0 Å². The zero-order valence-electron chi connectivity index (χ0n) is 17.1. The number of methoxy groups -OCH3 is 2. The smallest absolute Gasteiger partial charge is 0.280 e. The molecule has 0 spiro atoms. The number of imidazole rings is 1. The van der Waals surface area contributed by atoms with Crippen LogP contribution in [0.3, 0.4) is 0 Å². The highest BCUT2D eigenvalue weighted by atomic mass is 16.6. The minimum atomic E-state index is -0.983. The first kappa shape index (κ1) is 21.2. The van der Waals surface area contributed by atoms with Crippen LogP contribution in [0.4, 0.5) is 5.95 Å². The van der Waals surface area contributed by atoms with Crippen molar-refractivity contribution in [1.29, 1.82) is 0 Å². The fourth-order valence-electron chi connectivity index (χ4n) is 4.21.